The zero-order valence-electron chi connectivity index (χ0n) is 13.3. The number of nitrogens with one attached hydrogen (secondary N) is 2. The van der Waals surface area contributed by atoms with Crippen LogP contribution in [-0.4, -0.2) is 37.3 Å². The van der Waals surface area contributed by atoms with Crippen LogP contribution in [0.4, 0.5) is 0 Å². The van der Waals surface area contributed by atoms with Gasteiger partial charge in [-0.15, -0.1) is 0 Å². The molecule has 0 aliphatic heterocycles. The van der Waals surface area contributed by atoms with Crippen LogP contribution < -0.4 is 10.7 Å². The summed E-state index contributed by atoms with van der Waals surface area (Å²) in [6.45, 7) is 6.81. The molecule has 0 radical (unpaired) electrons. The minimum absolute atomic E-state index is 0.162. The van der Waals surface area contributed by atoms with Gasteiger partial charge in [-0.1, -0.05) is 29.8 Å². The molecule has 0 aliphatic carbocycles. The third-order valence-electron chi connectivity index (χ3n) is 2.72. The van der Waals surface area contributed by atoms with Gasteiger partial charge in [-0.3, -0.25) is 9.59 Å². The van der Waals surface area contributed by atoms with Crippen molar-refractivity contribution < 1.29 is 14.3 Å². The van der Waals surface area contributed by atoms with E-state index < -0.39 is 11.8 Å². The van der Waals surface area contributed by atoms with E-state index in [0.29, 0.717) is 19.6 Å². The molecular formula is C16H23N3O3. The van der Waals surface area contributed by atoms with Crippen molar-refractivity contribution in [2.75, 3.05) is 13.2 Å². The molecule has 22 heavy (non-hydrogen) atoms. The van der Waals surface area contributed by atoms with Gasteiger partial charge in [0, 0.05) is 13.2 Å². The van der Waals surface area contributed by atoms with Crippen molar-refractivity contribution in [2.24, 2.45) is 5.10 Å². The number of amides is 2. The summed E-state index contributed by atoms with van der Waals surface area (Å²) >= 11 is 0. The fraction of sp³-hybridized carbons (Fsp3) is 0.438. The van der Waals surface area contributed by atoms with Gasteiger partial charge in [0.25, 0.3) is 0 Å². The van der Waals surface area contributed by atoms with Crippen LogP contribution in [0.25, 0.3) is 0 Å². The van der Waals surface area contributed by atoms with Crippen molar-refractivity contribution in [1.82, 2.24) is 10.7 Å². The number of nitrogens with zero attached hydrogens (tertiary/aromatic N) is 1. The number of hydrazone groups is 1. The molecule has 0 heterocycles. The molecule has 0 saturated carbocycles. The lowest BCUT2D eigenvalue weighted by Crippen LogP contribution is -2.38. The number of hydrogen-bond acceptors (Lipinski definition) is 4. The summed E-state index contributed by atoms with van der Waals surface area (Å²) in [5, 5.41) is 6.26. The molecule has 2 N–H and O–H groups in total. The summed E-state index contributed by atoms with van der Waals surface area (Å²) in [6, 6.07) is 7.63. The molecule has 0 fully saturated rings. The normalized spacial score (nSPS) is 10.9. The molecule has 1 aromatic rings. The molecule has 0 unspecified atom stereocenters. The van der Waals surface area contributed by atoms with E-state index in [1.807, 2.05) is 45.0 Å². The highest BCUT2D eigenvalue weighted by atomic mass is 16.5. The number of aryl methyl sites for hydroxylation is 1. The Bertz CT molecular complexity index is 510. The summed E-state index contributed by atoms with van der Waals surface area (Å²) in [5.41, 5.74) is 4.18. The van der Waals surface area contributed by atoms with Gasteiger partial charge in [-0.2, -0.15) is 5.10 Å². The maximum absolute atomic E-state index is 11.5. The topological polar surface area (TPSA) is 79.8 Å². The molecular weight excluding hydrogens is 282 g/mol. The van der Waals surface area contributed by atoms with Gasteiger partial charge in [0.2, 0.25) is 0 Å². The van der Waals surface area contributed by atoms with Crippen LogP contribution in [0.1, 0.15) is 31.4 Å². The van der Waals surface area contributed by atoms with E-state index in [1.165, 1.54) is 6.21 Å². The van der Waals surface area contributed by atoms with E-state index in [2.05, 4.69) is 15.8 Å². The van der Waals surface area contributed by atoms with Gasteiger partial charge in [-0.25, -0.2) is 5.43 Å². The van der Waals surface area contributed by atoms with Crippen LogP contribution >= 0.6 is 0 Å². The number of ether oxygens (including phenoxy) is 1. The van der Waals surface area contributed by atoms with Gasteiger partial charge >= 0.3 is 11.8 Å². The average molecular weight is 305 g/mol. The first-order valence-corrected chi connectivity index (χ1v) is 7.28. The lowest BCUT2D eigenvalue weighted by atomic mass is 10.2. The third kappa shape index (κ3) is 7.54. The van der Waals surface area contributed by atoms with Crippen LogP contribution in [0.5, 0.6) is 0 Å². The predicted molar refractivity (Wildman–Crippen MR) is 85.6 cm³/mol. The van der Waals surface area contributed by atoms with Gasteiger partial charge in [0.05, 0.1) is 12.3 Å². The van der Waals surface area contributed by atoms with E-state index in [-0.39, 0.29) is 6.10 Å². The van der Waals surface area contributed by atoms with Crippen molar-refractivity contribution in [3.8, 4) is 0 Å². The maximum atomic E-state index is 11.5. The number of rotatable bonds is 7. The molecule has 2 amide bonds. The Morgan fingerprint density at radius 2 is 1.91 bits per heavy atom. The summed E-state index contributed by atoms with van der Waals surface area (Å²) in [7, 11) is 0. The first kappa shape index (κ1) is 17.8. The Morgan fingerprint density at radius 1 is 1.23 bits per heavy atom. The number of benzene rings is 1. The summed E-state index contributed by atoms with van der Waals surface area (Å²) in [5.74, 6) is -1.49. The zero-order chi connectivity index (χ0) is 16.4. The van der Waals surface area contributed by atoms with Crippen molar-refractivity contribution in [2.45, 2.75) is 33.3 Å². The fourth-order valence-corrected chi connectivity index (χ4v) is 1.54. The molecule has 1 aromatic carbocycles. The lowest BCUT2D eigenvalue weighted by Gasteiger charge is -2.07. The quantitative estimate of drug-likeness (QED) is 0.346. The van der Waals surface area contributed by atoms with Crippen LogP contribution in [0, 0.1) is 6.92 Å². The minimum Gasteiger partial charge on any atom is -0.379 e. The lowest BCUT2D eigenvalue weighted by molar-refractivity contribution is -0.139. The van der Waals surface area contributed by atoms with Gasteiger partial charge in [0.1, 0.15) is 0 Å². The largest absolute Gasteiger partial charge is 0.379 e. The Hall–Kier alpha value is -2.21. The van der Waals surface area contributed by atoms with E-state index in [1.54, 1.807) is 0 Å². The molecule has 120 valence electrons. The Balaban J connectivity index is 2.23. The highest BCUT2D eigenvalue weighted by Crippen LogP contribution is 1.99. The summed E-state index contributed by atoms with van der Waals surface area (Å²) < 4.78 is 5.33. The molecule has 0 atom stereocenters. The Morgan fingerprint density at radius 3 is 2.55 bits per heavy atom. The van der Waals surface area contributed by atoms with E-state index in [9.17, 15) is 9.59 Å². The van der Waals surface area contributed by atoms with E-state index in [4.69, 9.17) is 4.74 Å². The molecule has 6 heteroatoms. The van der Waals surface area contributed by atoms with Crippen molar-refractivity contribution >= 4 is 18.0 Å². The Kier molecular flexibility index (Phi) is 7.85. The summed E-state index contributed by atoms with van der Waals surface area (Å²) in [6.07, 6.45) is 2.31. The second kappa shape index (κ2) is 9.68. The fourth-order valence-electron chi connectivity index (χ4n) is 1.54. The van der Waals surface area contributed by atoms with Crippen molar-refractivity contribution in [3.63, 3.8) is 0 Å². The van der Waals surface area contributed by atoms with Gasteiger partial charge in [-0.05, 0) is 32.8 Å². The molecule has 6 nitrogen and oxygen atoms in total. The smallest absolute Gasteiger partial charge is 0.329 e. The SMILES string of the molecule is Cc1ccc(/C=N/NC(=O)C(=O)NCCCOC(C)C)cc1. The second-order valence-electron chi connectivity index (χ2n) is 5.14. The van der Waals surface area contributed by atoms with Crippen LogP contribution in [-0.2, 0) is 14.3 Å². The molecule has 0 spiro atoms. The maximum Gasteiger partial charge on any atom is 0.329 e. The molecule has 0 bridgehead atoms. The van der Waals surface area contributed by atoms with Crippen LogP contribution in [0.3, 0.4) is 0 Å². The molecule has 0 aliphatic rings. The zero-order valence-corrected chi connectivity index (χ0v) is 13.3. The first-order valence-electron chi connectivity index (χ1n) is 7.28. The highest BCUT2D eigenvalue weighted by molar-refractivity contribution is 6.35. The Labute approximate surface area is 130 Å². The minimum atomic E-state index is -0.784. The first-order chi connectivity index (χ1) is 10.5. The molecule has 0 saturated heterocycles. The number of carbonyl (C=O) groups excluding carboxylic acids is 2. The van der Waals surface area contributed by atoms with Crippen molar-refractivity contribution in [1.29, 1.82) is 0 Å². The molecule has 0 aromatic heterocycles. The molecule has 1 rings (SSSR count). The highest BCUT2D eigenvalue weighted by Gasteiger charge is 2.11. The standard InChI is InChI=1S/C16H23N3O3/c1-12(2)22-10-4-9-17-15(20)16(21)19-18-11-14-7-5-13(3)6-8-14/h5-8,11-12H,4,9-10H2,1-3H3,(H,17,20)(H,19,21)/b18-11+. The van der Waals surface area contributed by atoms with Crippen LogP contribution in [0.2, 0.25) is 0 Å². The number of hydrogen-bond donors (Lipinski definition) is 2. The number of carbonyl (C=O) groups is 2. The summed E-state index contributed by atoms with van der Waals surface area (Å²) in [4.78, 5) is 23.0. The second-order valence-corrected chi connectivity index (χ2v) is 5.14. The van der Waals surface area contributed by atoms with Crippen molar-refractivity contribution in [3.05, 3.63) is 35.4 Å². The van der Waals surface area contributed by atoms with Crippen LogP contribution in [0.15, 0.2) is 29.4 Å². The van der Waals surface area contributed by atoms with E-state index in [0.717, 1.165) is 11.1 Å². The monoisotopic (exact) mass is 305 g/mol. The average Bonchev–Trinajstić information content (AvgIpc) is 2.48. The van der Waals surface area contributed by atoms with E-state index >= 15 is 0 Å². The predicted octanol–water partition coefficient (Wildman–Crippen LogP) is 1.38. The van der Waals surface area contributed by atoms with Gasteiger partial charge < -0.3 is 10.1 Å². The van der Waals surface area contributed by atoms with Gasteiger partial charge in [0.15, 0.2) is 0 Å². The third-order valence-corrected chi connectivity index (χ3v) is 2.72.